The molecule has 1 N–H and O–H groups in total. The SMILES string of the molecule is Cc1cnc(N2CCC(NC(=O)C#CC(=O)c3ccccc3C)C2)s1. The number of carbonyl (C=O) groups is 2. The van der Waals surface area contributed by atoms with Crippen molar-refractivity contribution >= 4 is 28.2 Å². The van der Waals surface area contributed by atoms with Crippen LogP contribution >= 0.6 is 11.3 Å². The fourth-order valence-corrected chi connectivity index (χ4v) is 3.56. The van der Waals surface area contributed by atoms with Crippen LogP contribution in [0, 0.1) is 25.7 Å². The van der Waals surface area contributed by atoms with E-state index in [1.54, 1.807) is 23.5 Å². The number of benzene rings is 1. The van der Waals surface area contributed by atoms with E-state index in [-0.39, 0.29) is 11.8 Å². The van der Waals surface area contributed by atoms with Crippen LogP contribution in [0.4, 0.5) is 5.13 Å². The first kappa shape index (κ1) is 17.2. The number of hydrogen-bond donors (Lipinski definition) is 1. The monoisotopic (exact) mass is 353 g/mol. The van der Waals surface area contributed by atoms with Crippen molar-refractivity contribution in [1.29, 1.82) is 0 Å². The minimum atomic E-state index is -0.413. The molecule has 0 aliphatic carbocycles. The highest BCUT2D eigenvalue weighted by Gasteiger charge is 2.25. The second-order valence-electron chi connectivity index (χ2n) is 6.05. The van der Waals surface area contributed by atoms with Crippen LogP contribution in [-0.4, -0.2) is 35.8 Å². The highest BCUT2D eigenvalue weighted by molar-refractivity contribution is 7.15. The van der Waals surface area contributed by atoms with Crippen molar-refractivity contribution in [2.24, 2.45) is 0 Å². The van der Waals surface area contributed by atoms with E-state index in [0.29, 0.717) is 12.1 Å². The summed E-state index contributed by atoms with van der Waals surface area (Å²) in [7, 11) is 0. The van der Waals surface area contributed by atoms with Gasteiger partial charge in [-0.2, -0.15) is 0 Å². The van der Waals surface area contributed by atoms with Crippen molar-refractivity contribution in [1.82, 2.24) is 10.3 Å². The minimum absolute atomic E-state index is 0.0274. The maximum Gasteiger partial charge on any atom is 0.296 e. The zero-order valence-electron chi connectivity index (χ0n) is 14.2. The van der Waals surface area contributed by atoms with E-state index in [9.17, 15) is 9.59 Å². The fourth-order valence-electron chi connectivity index (χ4n) is 2.77. The average Bonchev–Trinajstić information content (AvgIpc) is 3.22. The lowest BCUT2D eigenvalue weighted by Crippen LogP contribution is -2.36. The van der Waals surface area contributed by atoms with Gasteiger partial charge < -0.3 is 10.2 Å². The van der Waals surface area contributed by atoms with E-state index in [4.69, 9.17) is 0 Å². The van der Waals surface area contributed by atoms with E-state index in [0.717, 1.165) is 23.7 Å². The quantitative estimate of drug-likeness (QED) is 0.523. The third kappa shape index (κ3) is 4.25. The molecule has 3 rings (SSSR count). The first-order chi connectivity index (χ1) is 12.0. The first-order valence-corrected chi connectivity index (χ1v) is 8.94. The smallest absolute Gasteiger partial charge is 0.296 e. The molecule has 2 heterocycles. The number of rotatable bonds is 3. The lowest BCUT2D eigenvalue weighted by atomic mass is 10.1. The van der Waals surface area contributed by atoms with Gasteiger partial charge in [0.1, 0.15) is 0 Å². The van der Waals surface area contributed by atoms with Crippen LogP contribution in [0.5, 0.6) is 0 Å². The molecular weight excluding hydrogens is 334 g/mol. The number of Topliss-reactive ketones (excluding diaryl/α,β-unsaturated/α-hetero) is 1. The molecule has 0 saturated carbocycles. The third-order valence-corrected chi connectivity index (χ3v) is 5.06. The lowest BCUT2D eigenvalue weighted by Gasteiger charge is -2.14. The molecule has 0 spiro atoms. The van der Waals surface area contributed by atoms with E-state index in [1.807, 2.05) is 32.2 Å². The summed E-state index contributed by atoms with van der Waals surface area (Å²) >= 11 is 1.65. The van der Waals surface area contributed by atoms with Crippen molar-refractivity contribution in [3.8, 4) is 11.8 Å². The van der Waals surface area contributed by atoms with Crippen LogP contribution in [0.1, 0.15) is 27.2 Å². The Morgan fingerprint density at radius 2 is 2.08 bits per heavy atom. The fraction of sp³-hybridized carbons (Fsp3) is 0.316. The van der Waals surface area contributed by atoms with Crippen LogP contribution in [-0.2, 0) is 4.79 Å². The van der Waals surface area contributed by atoms with Gasteiger partial charge in [0.25, 0.3) is 5.91 Å². The van der Waals surface area contributed by atoms with Crippen molar-refractivity contribution < 1.29 is 9.59 Å². The van der Waals surface area contributed by atoms with Gasteiger partial charge in [-0.15, -0.1) is 11.3 Å². The molecule has 0 radical (unpaired) electrons. The van der Waals surface area contributed by atoms with Crippen LogP contribution in [0.2, 0.25) is 0 Å². The largest absolute Gasteiger partial charge is 0.346 e. The van der Waals surface area contributed by atoms with Gasteiger partial charge in [0, 0.05) is 41.7 Å². The summed E-state index contributed by atoms with van der Waals surface area (Å²) in [5.74, 6) is 4.10. The van der Waals surface area contributed by atoms with Crippen LogP contribution in [0.25, 0.3) is 0 Å². The summed E-state index contributed by atoms with van der Waals surface area (Å²) in [6, 6.07) is 7.24. The Morgan fingerprint density at radius 3 is 2.80 bits per heavy atom. The van der Waals surface area contributed by atoms with Crippen molar-refractivity contribution in [2.45, 2.75) is 26.3 Å². The molecule has 1 atom stereocenters. The Hall–Kier alpha value is -2.65. The standard InChI is InChI=1S/C19H19N3O2S/c1-13-5-3-4-6-16(13)17(23)7-8-18(24)21-15-9-10-22(12-15)19-20-11-14(2)25-19/h3-6,11,15H,9-10,12H2,1-2H3,(H,21,24). The predicted molar refractivity (Wildman–Crippen MR) is 98.9 cm³/mol. The number of aromatic nitrogens is 1. The Balaban J connectivity index is 1.55. The minimum Gasteiger partial charge on any atom is -0.346 e. The predicted octanol–water partition coefficient (Wildman–Crippen LogP) is 2.34. The Kier molecular flexibility index (Phi) is 5.15. The van der Waals surface area contributed by atoms with Crippen molar-refractivity contribution in [3.05, 3.63) is 46.5 Å². The molecule has 128 valence electrons. The molecular formula is C19H19N3O2S. The van der Waals surface area contributed by atoms with Crippen molar-refractivity contribution in [3.63, 3.8) is 0 Å². The van der Waals surface area contributed by atoms with Gasteiger partial charge in [0.2, 0.25) is 5.78 Å². The zero-order valence-corrected chi connectivity index (χ0v) is 15.0. The second kappa shape index (κ2) is 7.49. The molecule has 1 aliphatic heterocycles. The number of ketones is 1. The molecule has 0 bridgehead atoms. The molecule has 1 unspecified atom stereocenters. The number of thiazole rings is 1. The number of aryl methyl sites for hydroxylation is 2. The number of carbonyl (C=O) groups excluding carboxylic acids is 2. The molecule has 25 heavy (non-hydrogen) atoms. The Morgan fingerprint density at radius 1 is 1.28 bits per heavy atom. The molecule has 1 fully saturated rings. The summed E-state index contributed by atoms with van der Waals surface area (Å²) in [6.07, 6.45) is 2.70. The van der Waals surface area contributed by atoms with Gasteiger partial charge in [0.15, 0.2) is 5.13 Å². The highest BCUT2D eigenvalue weighted by atomic mass is 32.1. The molecule has 1 aromatic heterocycles. The number of amides is 1. The molecule has 1 aromatic carbocycles. The summed E-state index contributed by atoms with van der Waals surface area (Å²) < 4.78 is 0. The summed E-state index contributed by atoms with van der Waals surface area (Å²) in [4.78, 5) is 31.8. The van der Waals surface area contributed by atoms with E-state index < -0.39 is 5.91 Å². The maximum absolute atomic E-state index is 12.1. The Bertz CT molecular complexity index is 863. The lowest BCUT2D eigenvalue weighted by molar-refractivity contribution is -0.116. The molecule has 5 nitrogen and oxygen atoms in total. The van der Waals surface area contributed by atoms with Crippen LogP contribution in [0.15, 0.2) is 30.5 Å². The molecule has 1 amide bonds. The normalized spacial score (nSPS) is 16.2. The molecule has 6 heteroatoms. The second-order valence-corrected chi connectivity index (χ2v) is 7.27. The van der Waals surface area contributed by atoms with E-state index in [1.165, 1.54) is 4.88 Å². The number of anilines is 1. The summed E-state index contributed by atoms with van der Waals surface area (Å²) in [6.45, 7) is 5.44. The molecule has 1 aliphatic rings. The van der Waals surface area contributed by atoms with Gasteiger partial charge >= 0.3 is 0 Å². The summed E-state index contributed by atoms with van der Waals surface area (Å²) in [5.41, 5.74) is 1.39. The Labute approximate surface area is 151 Å². The summed E-state index contributed by atoms with van der Waals surface area (Å²) in [5, 5.41) is 3.86. The third-order valence-electron chi connectivity index (χ3n) is 4.08. The van der Waals surface area contributed by atoms with Gasteiger partial charge in [-0.1, -0.05) is 24.3 Å². The first-order valence-electron chi connectivity index (χ1n) is 8.13. The number of nitrogens with one attached hydrogen (secondary N) is 1. The molecule has 1 saturated heterocycles. The zero-order chi connectivity index (χ0) is 17.8. The maximum atomic E-state index is 12.1. The van der Waals surface area contributed by atoms with Crippen LogP contribution < -0.4 is 10.2 Å². The van der Waals surface area contributed by atoms with Gasteiger partial charge in [-0.3, -0.25) is 9.59 Å². The molecule has 2 aromatic rings. The highest BCUT2D eigenvalue weighted by Crippen LogP contribution is 2.25. The van der Waals surface area contributed by atoms with Crippen molar-refractivity contribution in [2.75, 3.05) is 18.0 Å². The van der Waals surface area contributed by atoms with Gasteiger partial charge in [-0.05, 0) is 31.8 Å². The van der Waals surface area contributed by atoms with E-state index >= 15 is 0 Å². The topological polar surface area (TPSA) is 62.3 Å². The number of hydrogen-bond acceptors (Lipinski definition) is 5. The number of nitrogens with zero attached hydrogens (tertiary/aromatic N) is 2. The van der Waals surface area contributed by atoms with Gasteiger partial charge in [-0.25, -0.2) is 4.98 Å². The van der Waals surface area contributed by atoms with Crippen LogP contribution in [0.3, 0.4) is 0 Å². The van der Waals surface area contributed by atoms with E-state index in [2.05, 4.69) is 27.0 Å². The average molecular weight is 353 g/mol. The van der Waals surface area contributed by atoms with Gasteiger partial charge in [0.05, 0.1) is 0 Å².